The van der Waals surface area contributed by atoms with Crippen LogP contribution >= 0.6 is 39.2 Å². The van der Waals surface area contributed by atoms with Gasteiger partial charge >= 0.3 is 5.97 Å². The number of carboxylic acids is 1. The number of hydrogen-bond donors (Lipinski definition) is 4. The lowest BCUT2D eigenvalue weighted by Gasteiger charge is -2.14. The molecule has 1 amide bonds. The van der Waals surface area contributed by atoms with Crippen LogP contribution in [-0.4, -0.2) is 33.6 Å². The molecule has 0 aromatic heterocycles. The van der Waals surface area contributed by atoms with Gasteiger partial charge in [0.25, 0.3) is 5.91 Å². The molecule has 178 valence electrons. The van der Waals surface area contributed by atoms with Gasteiger partial charge in [-0.15, -0.1) is 0 Å². The van der Waals surface area contributed by atoms with E-state index in [0.717, 1.165) is 0 Å². The summed E-state index contributed by atoms with van der Waals surface area (Å²) in [5.41, 5.74) is 1.47. The number of ether oxygens (including phenoxy) is 1. The van der Waals surface area contributed by atoms with E-state index in [9.17, 15) is 24.2 Å². The average molecular weight is 613 g/mol. The molecule has 0 bridgehead atoms. The molecular weight excluding hydrogens is 593 g/mol. The van der Waals surface area contributed by atoms with Crippen molar-refractivity contribution in [3.05, 3.63) is 85.8 Å². The second kappa shape index (κ2) is 10.7. The summed E-state index contributed by atoms with van der Waals surface area (Å²) >= 11 is 6.80. The van der Waals surface area contributed by atoms with Crippen LogP contribution in [0.5, 0.6) is 17.2 Å². The topological polar surface area (TPSA) is 133 Å². The standard InChI is InChI=1S/C23H20Br2NO7P/c1-34(31,32)12-14-8-18(24)21(19(25)9-14)33-16-6-7-20(27)17(10-16)22(28)26-11-13-2-4-15(5-3-13)23(29)30/h2-10,27H,11-12H2,1H3,(H,26,28)(H,29,30)(H,31,32). The molecule has 3 aromatic rings. The van der Waals surface area contributed by atoms with Gasteiger partial charge < -0.3 is 25.2 Å². The van der Waals surface area contributed by atoms with Crippen LogP contribution in [0.25, 0.3) is 0 Å². The van der Waals surface area contributed by atoms with Crippen LogP contribution in [0, 0.1) is 0 Å². The minimum Gasteiger partial charge on any atom is -0.507 e. The van der Waals surface area contributed by atoms with E-state index in [2.05, 4.69) is 37.2 Å². The Balaban J connectivity index is 1.75. The van der Waals surface area contributed by atoms with Crippen LogP contribution in [0.1, 0.15) is 31.8 Å². The normalized spacial score (nSPS) is 12.6. The van der Waals surface area contributed by atoms with Crippen LogP contribution < -0.4 is 10.1 Å². The number of phenols is 1. The molecule has 4 N–H and O–H groups in total. The SMILES string of the molecule is CP(=O)(O)Cc1cc(Br)c(Oc2ccc(O)c(C(=O)NCc3ccc(C(=O)O)cc3)c2)c(Br)c1. The summed E-state index contributed by atoms with van der Waals surface area (Å²) in [6.07, 6.45) is 0.00699. The molecule has 0 heterocycles. The number of hydrogen-bond acceptors (Lipinski definition) is 5. The third kappa shape index (κ3) is 6.93. The molecule has 1 unspecified atom stereocenters. The van der Waals surface area contributed by atoms with Gasteiger partial charge in [-0.25, -0.2) is 4.79 Å². The molecule has 0 spiro atoms. The second-order valence-electron chi connectivity index (χ2n) is 7.56. The number of benzene rings is 3. The van der Waals surface area contributed by atoms with E-state index < -0.39 is 19.2 Å². The molecule has 0 radical (unpaired) electrons. The van der Waals surface area contributed by atoms with E-state index >= 15 is 0 Å². The van der Waals surface area contributed by atoms with Crippen molar-refractivity contribution in [3.63, 3.8) is 0 Å². The van der Waals surface area contributed by atoms with Crippen molar-refractivity contribution < 1.29 is 34.0 Å². The molecule has 34 heavy (non-hydrogen) atoms. The van der Waals surface area contributed by atoms with Gasteiger partial charge in [-0.3, -0.25) is 9.36 Å². The fourth-order valence-electron chi connectivity index (χ4n) is 3.06. The Bertz CT molecular complexity index is 1270. The van der Waals surface area contributed by atoms with Crippen molar-refractivity contribution in [3.8, 4) is 17.2 Å². The zero-order valence-electron chi connectivity index (χ0n) is 17.8. The first-order valence-electron chi connectivity index (χ1n) is 9.81. The first-order chi connectivity index (χ1) is 15.9. The smallest absolute Gasteiger partial charge is 0.335 e. The summed E-state index contributed by atoms with van der Waals surface area (Å²) < 4.78 is 18.7. The highest BCUT2D eigenvalue weighted by molar-refractivity contribution is 9.11. The summed E-state index contributed by atoms with van der Waals surface area (Å²) in [5, 5.41) is 21.8. The van der Waals surface area contributed by atoms with Crippen LogP contribution in [0.15, 0.2) is 63.5 Å². The molecule has 0 fully saturated rings. The molecule has 0 saturated carbocycles. The molecule has 0 aliphatic rings. The van der Waals surface area contributed by atoms with Crippen molar-refractivity contribution in [1.29, 1.82) is 0 Å². The van der Waals surface area contributed by atoms with Gasteiger partial charge in [0.1, 0.15) is 11.5 Å². The van der Waals surface area contributed by atoms with Crippen molar-refractivity contribution >= 4 is 51.1 Å². The maximum atomic E-state index is 12.6. The van der Waals surface area contributed by atoms with Crippen molar-refractivity contribution in [2.24, 2.45) is 0 Å². The molecule has 0 saturated heterocycles. The Morgan fingerprint density at radius 3 is 2.18 bits per heavy atom. The summed E-state index contributed by atoms with van der Waals surface area (Å²) in [4.78, 5) is 33.2. The Hall–Kier alpha value is -2.65. The van der Waals surface area contributed by atoms with Crippen molar-refractivity contribution in [1.82, 2.24) is 5.32 Å². The van der Waals surface area contributed by atoms with Gasteiger partial charge in [-0.2, -0.15) is 0 Å². The van der Waals surface area contributed by atoms with Crippen LogP contribution in [-0.2, 0) is 17.3 Å². The number of carbonyl (C=O) groups is 2. The minimum absolute atomic E-state index is 0.00396. The van der Waals surface area contributed by atoms with E-state index in [-0.39, 0.29) is 35.3 Å². The fourth-order valence-corrected chi connectivity index (χ4v) is 5.36. The van der Waals surface area contributed by atoms with Crippen LogP contribution in [0.2, 0.25) is 0 Å². The van der Waals surface area contributed by atoms with Gasteiger partial charge in [0.15, 0.2) is 5.75 Å². The lowest BCUT2D eigenvalue weighted by atomic mass is 10.1. The van der Waals surface area contributed by atoms with Gasteiger partial charge in [-0.1, -0.05) is 12.1 Å². The largest absolute Gasteiger partial charge is 0.507 e. The number of carboxylic acid groups (broad SMARTS) is 1. The van der Waals surface area contributed by atoms with E-state index in [0.29, 0.717) is 25.8 Å². The van der Waals surface area contributed by atoms with Crippen molar-refractivity contribution in [2.75, 3.05) is 6.66 Å². The van der Waals surface area contributed by atoms with E-state index in [1.807, 2.05) is 0 Å². The maximum absolute atomic E-state index is 12.6. The zero-order chi connectivity index (χ0) is 25.0. The number of amides is 1. The lowest BCUT2D eigenvalue weighted by molar-refractivity contribution is 0.0696. The van der Waals surface area contributed by atoms with Gasteiger partial charge in [0.05, 0.1) is 20.1 Å². The number of carbonyl (C=O) groups excluding carboxylic acids is 1. The first-order valence-corrected chi connectivity index (χ1v) is 13.7. The first kappa shape index (κ1) is 26.0. The number of nitrogens with one attached hydrogen (secondary N) is 1. The molecule has 11 heteroatoms. The highest BCUT2D eigenvalue weighted by Gasteiger charge is 2.17. The summed E-state index contributed by atoms with van der Waals surface area (Å²) in [6, 6.07) is 13.6. The average Bonchev–Trinajstić information content (AvgIpc) is 2.74. The molecule has 0 aliphatic carbocycles. The lowest BCUT2D eigenvalue weighted by Crippen LogP contribution is -2.23. The number of rotatable bonds is 8. The third-order valence-electron chi connectivity index (χ3n) is 4.62. The number of aromatic carboxylic acids is 1. The summed E-state index contributed by atoms with van der Waals surface area (Å²) in [5.74, 6) is -1.14. The molecule has 3 rings (SSSR count). The molecule has 0 aliphatic heterocycles. The van der Waals surface area contributed by atoms with E-state index in [1.54, 1.807) is 24.3 Å². The monoisotopic (exact) mass is 611 g/mol. The van der Waals surface area contributed by atoms with Crippen molar-refractivity contribution in [2.45, 2.75) is 12.7 Å². The zero-order valence-corrected chi connectivity index (χ0v) is 21.9. The van der Waals surface area contributed by atoms with E-state index in [1.165, 1.54) is 37.0 Å². The Kier molecular flexibility index (Phi) is 8.20. The maximum Gasteiger partial charge on any atom is 0.335 e. The second-order valence-corrected chi connectivity index (χ2v) is 11.7. The molecule has 8 nitrogen and oxygen atoms in total. The van der Waals surface area contributed by atoms with Gasteiger partial charge in [0, 0.05) is 19.4 Å². The summed E-state index contributed by atoms with van der Waals surface area (Å²) in [7, 11) is -3.25. The quantitative estimate of drug-likeness (QED) is 0.238. The molecule has 1 atom stereocenters. The Morgan fingerprint density at radius 2 is 1.62 bits per heavy atom. The predicted octanol–water partition coefficient (Wildman–Crippen LogP) is 5.74. The van der Waals surface area contributed by atoms with Crippen LogP contribution in [0.4, 0.5) is 0 Å². The van der Waals surface area contributed by atoms with Gasteiger partial charge in [-0.05, 0) is 85.5 Å². The fraction of sp³-hybridized carbons (Fsp3) is 0.130. The Morgan fingerprint density at radius 1 is 1.00 bits per heavy atom. The highest BCUT2D eigenvalue weighted by Crippen LogP contribution is 2.44. The highest BCUT2D eigenvalue weighted by atomic mass is 79.9. The van der Waals surface area contributed by atoms with E-state index in [4.69, 9.17) is 9.84 Å². The molecule has 3 aromatic carbocycles. The third-order valence-corrected chi connectivity index (χ3v) is 6.75. The van der Waals surface area contributed by atoms with Gasteiger partial charge in [0.2, 0.25) is 7.37 Å². The molecular formula is C23H20Br2NO7P. The van der Waals surface area contributed by atoms with Crippen LogP contribution in [0.3, 0.4) is 0 Å². The summed E-state index contributed by atoms with van der Waals surface area (Å²) in [6.45, 7) is 1.42. The number of phenolic OH excluding ortho intramolecular Hbond substituents is 1. The predicted molar refractivity (Wildman–Crippen MR) is 134 cm³/mol. The minimum atomic E-state index is -3.25. The number of aromatic hydroxyl groups is 1. The Labute approximate surface area is 212 Å². The number of halogens is 2.